The van der Waals surface area contributed by atoms with Crippen LogP contribution in [0.4, 0.5) is 10.5 Å². The zero-order valence-electron chi connectivity index (χ0n) is 12.0. The zero-order chi connectivity index (χ0) is 15.4. The van der Waals surface area contributed by atoms with Crippen molar-refractivity contribution in [2.75, 3.05) is 45.3 Å². The van der Waals surface area contributed by atoms with E-state index in [1.165, 1.54) is 14.2 Å². The number of hydrogen-bond donors (Lipinski definition) is 0. The molecule has 1 aliphatic heterocycles. The molecular weight excluding hydrogens is 296 g/mol. The number of anilines is 1. The number of ether oxygens (including phenoxy) is 2. The van der Waals surface area contributed by atoms with Crippen LogP contribution in [0.5, 0.6) is 0 Å². The van der Waals surface area contributed by atoms with E-state index in [2.05, 4.69) is 0 Å². The monoisotopic (exact) mass is 312 g/mol. The molecular formula is C14H17ClN2O4. The van der Waals surface area contributed by atoms with Gasteiger partial charge in [0.2, 0.25) is 0 Å². The topological polar surface area (TPSA) is 59.1 Å². The molecule has 0 aliphatic carbocycles. The molecule has 2 rings (SSSR count). The highest BCUT2D eigenvalue weighted by Gasteiger charge is 2.23. The predicted molar refractivity (Wildman–Crippen MR) is 79.0 cm³/mol. The number of carbonyl (C=O) groups excluding carboxylic acids is 2. The number of hydrogen-bond acceptors (Lipinski definition) is 5. The summed E-state index contributed by atoms with van der Waals surface area (Å²) < 4.78 is 9.41. The van der Waals surface area contributed by atoms with Crippen LogP contribution in [0.2, 0.25) is 5.02 Å². The molecule has 1 fully saturated rings. The molecule has 21 heavy (non-hydrogen) atoms. The summed E-state index contributed by atoms with van der Waals surface area (Å²) in [5.74, 6) is -0.402. The minimum Gasteiger partial charge on any atom is -0.465 e. The normalized spacial score (nSPS) is 14.8. The summed E-state index contributed by atoms with van der Waals surface area (Å²) in [6.45, 7) is 2.34. The smallest absolute Gasteiger partial charge is 0.409 e. The van der Waals surface area contributed by atoms with Crippen LogP contribution < -0.4 is 4.90 Å². The highest BCUT2D eigenvalue weighted by atomic mass is 35.5. The first-order valence-corrected chi connectivity index (χ1v) is 6.90. The second-order valence-corrected chi connectivity index (χ2v) is 5.01. The van der Waals surface area contributed by atoms with Gasteiger partial charge in [0.25, 0.3) is 0 Å². The molecule has 0 unspecified atom stereocenters. The second-order valence-electron chi connectivity index (χ2n) is 4.60. The van der Waals surface area contributed by atoms with E-state index >= 15 is 0 Å². The van der Waals surface area contributed by atoms with Crippen LogP contribution in [0.3, 0.4) is 0 Å². The molecule has 1 saturated heterocycles. The van der Waals surface area contributed by atoms with Crippen molar-refractivity contribution in [3.8, 4) is 0 Å². The van der Waals surface area contributed by atoms with E-state index in [4.69, 9.17) is 21.1 Å². The summed E-state index contributed by atoms with van der Waals surface area (Å²) >= 11 is 6.20. The molecule has 0 saturated carbocycles. The van der Waals surface area contributed by atoms with Crippen molar-refractivity contribution in [3.05, 3.63) is 28.8 Å². The Morgan fingerprint density at radius 1 is 1.10 bits per heavy atom. The Bertz CT molecular complexity index is 542. The lowest BCUT2D eigenvalue weighted by Gasteiger charge is -2.35. The fourth-order valence-electron chi connectivity index (χ4n) is 2.26. The molecule has 0 N–H and O–H groups in total. The van der Waals surface area contributed by atoms with Gasteiger partial charge >= 0.3 is 12.1 Å². The number of halogens is 1. The highest BCUT2D eigenvalue weighted by Crippen LogP contribution is 2.28. The first kappa shape index (κ1) is 15.4. The molecule has 1 amide bonds. The van der Waals surface area contributed by atoms with Gasteiger partial charge in [0.1, 0.15) is 0 Å². The molecule has 0 bridgehead atoms. The van der Waals surface area contributed by atoms with E-state index in [-0.39, 0.29) is 6.09 Å². The number of esters is 1. The summed E-state index contributed by atoms with van der Waals surface area (Å²) in [5, 5.41) is 0.564. The first-order chi connectivity index (χ1) is 10.1. The molecule has 6 nitrogen and oxygen atoms in total. The fraction of sp³-hybridized carbons (Fsp3) is 0.429. The minimum absolute atomic E-state index is 0.330. The van der Waals surface area contributed by atoms with E-state index < -0.39 is 5.97 Å². The number of carbonyl (C=O) groups is 2. The van der Waals surface area contributed by atoms with E-state index in [0.29, 0.717) is 36.8 Å². The van der Waals surface area contributed by atoms with Gasteiger partial charge in [0, 0.05) is 26.2 Å². The Morgan fingerprint density at radius 2 is 1.76 bits per heavy atom. The maximum absolute atomic E-state index is 11.6. The van der Waals surface area contributed by atoms with Gasteiger partial charge < -0.3 is 19.3 Å². The van der Waals surface area contributed by atoms with Crippen LogP contribution in [0, 0.1) is 0 Å². The second kappa shape index (κ2) is 6.67. The van der Waals surface area contributed by atoms with Crippen LogP contribution in [0.15, 0.2) is 18.2 Å². The van der Waals surface area contributed by atoms with E-state index in [1.807, 2.05) is 4.90 Å². The quantitative estimate of drug-likeness (QED) is 0.782. The van der Waals surface area contributed by atoms with Crippen LogP contribution in [-0.2, 0) is 9.47 Å². The van der Waals surface area contributed by atoms with Crippen LogP contribution in [0.1, 0.15) is 10.4 Å². The average molecular weight is 313 g/mol. The molecule has 1 heterocycles. The van der Waals surface area contributed by atoms with Crippen molar-refractivity contribution in [2.24, 2.45) is 0 Å². The van der Waals surface area contributed by atoms with E-state index in [0.717, 1.165) is 5.69 Å². The van der Waals surface area contributed by atoms with Gasteiger partial charge in [-0.3, -0.25) is 0 Å². The summed E-state index contributed by atoms with van der Waals surface area (Å²) in [5.41, 5.74) is 1.22. The lowest BCUT2D eigenvalue weighted by Crippen LogP contribution is -2.48. The van der Waals surface area contributed by atoms with Gasteiger partial charge in [0.15, 0.2) is 0 Å². The van der Waals surface area contributed by atoms with Gasteiger partial charge in [-0.2, -0.15) is 0 Å². The van der Waals surface area contributed by atoms with Gasteiger partial charge in [-0.15, -0.1) is 0 Å². The largest absolute Gasteiger partial charge is 0.465 e. The van der Waals surface area contributed by atoms with Crippen molar-refractivity contribution < 1.29 is 19.1 Å². The van der Waals surface area contributed by atoms with Crippen molar-refractivity contribution in [2.45, 2.75) is 0 Å². The molecule has 114 valence electrons. The summed E-state index contributed by atoms with van der Waals surface area (Å²) in [7, 11) is 2.71. The third-order valence-corrected chi connectivity index (χ3v) is 3.74. The SMILES string of the molecule is COC(=O)c1ccc(Cl)c(N2CCN(C(=O)OC)CC2)c1. The Labute approximate surface area is 128 Å². The lowest BCUT2D eigenvalue weighted by molar-refractivity contribution is 0.0600. The molecule has 0 atom stereocenters. The third-order valence-electron chi connectivity index (χ3n) is 3.42. The van der Waals surface area contributed by atoms with Gasteiger partial charge in [-0.05, 0) is 18.2 Å². The number of piperazine rings is 1. The molecule has 1 aromatic rings. The first-order valence-electron chi connectivity index (χ1n) is 6.52. The van der Waals surface area contributed by atoms with Crippen LogP contribution in [0.25, 0.3) is 0 Å². The summed E-state index contributed by atoms with van der Waals surface area (Å²) in [4.78, 5) is 26.7. The van der Waals surface area contributed by atoms with Crippen molar-refractivity contribution in [1.29, 1.82) is 0 Å². The average Bonchev–Trinajstić information content (AvgIpc) is 2.54. The molecule has 1 aliphatic rings. The molecule has 0 aromatic heterocycles. The Hall–Kier alpha value is -1.95. The Kier molecular flexibility index (Phi) is 4.90. The van der Waals surface area contributed by atoms with Gasteiger partial charge in [-0.1, -0.05) is 11.6 Å². The summed E-state index contributed by atoms with van der Waals surface area (Å²) in [6, 6.07) is 5.01. The number of benzene rings is 1. The molecule has 0 radical (unpaired) electrons. The van der Waals surface area contributed by atoms with E-state index in [9.17, 15) is 9.59 Å². The fourth-order valence-corrected chi connectivity index (χ4v) is 2.50. The van der Waals surface area contributed by atoms with Crippen molar-refractivity contribution in [1.82, 2.24) is 4.90 Å². The summed E-state index contributed by atoms with van der Waals surface area (Å²) in [6.07, 6.45) is -0.330. The van der Waals surface area contributed by atoms with Crippen LogP contribution in [-0.4, -0.2) is 57.4 Å². The molecule has 1 aromatic carbocycles. The number of rotatable bonds is 2. The number of amides is 1. The molecule has 7 heteroatoms. The number of methoxy groups -OCH3 is 2. The minimum atomic E-state index is -0.402. The van der Waals surface area contributed by atoms with Crippen molar-refractivity contribution in [3.63, 3.8) is 0 Å². The van der Waals surface area contributed by atoms with E-state index in [1.54, 1.807) is 23.1 Å². The maximum atomic E-state index is 11.6. The standard InChI is InChI=1S/C14H17ClN2O4/c1-20-13(18)10-3-4-11(15)12(9-10)16-5-7-17(8-6-16)14(19)21-2/h3-4,9H,5-8H2,1-2H3. The Balaban J connectivity index is 2.12. The maximum Gasteiger partial charge on any atom is 0.409 e. The predicted octanol–water partition coefficient (Wildman–Crippen LogP) is 2.02. The third kappa shape index (κ3) is 3.39. The van der Waals surface area contributed by atoms with Gasteiger partial charge in [0.05, 0.1) is 30.5 Å². The lowest BCUT2D eigenvalue weighted by atomic mass is 10.1. The van der Waals surface area contributed by atoms with Crippen LogP contribution >= 0.6 is 11.6 Å². The Morgan fingerprint density at radius 3 is 2.33 bits per heavy atom. The zero-order valence-corrected chi connectivity index (χ0v) is 12.7. The van der Waals surface area contributed by atoms with Crippen molar-refractivity contribution >= 4 is 29.4 Å². The molecule has 0 spiro atoms. The van der Waals surface area contributed by atoms with Gasteiger partial charge in [-0.25, -0.2) is 9.59 Å². The highest BCUT2D eigenvalue weighted by molar-refractivity contribution is 6.33. The number of nitrogens with zero attached hydrogens (tertiary/aromatic N) is 2.